The van der Waals surface area contributed by atoms with Crippen LogP contribution < -0.4 is 15.0 Å². The molecule has 3 aromatic carbocycles. The molecule has 0 amide bonds. The van der Waals surface area contributed by atoms with E-state index in [4.69, 9.17) is 9.84 Å². The predicted octanol–water partition coefficient (Wildman–Crippen LogP) is 6.26. The van der Waals surface area contributed by atoms with E-state index in [-0.39, 0.29) is 16.3 Å². The normalized spacial score (nSPS) is 11.8. The van der Waals surface area contributed by atoms with Gasteiger partial charge in [-0.1, -0.05) is 69.0 Å². The Kier molecular flexibility index (Phi) is 8.39. The molecular weight excluding hydrogens is 538 g/mol. The van der Waals surface area contributed by atoms with E-state index in [1.165, 1.54) is 25.0 Å². The van der Waals surface area contributed by atoms with Crippen molar-refractivity contribution >= 4 is 32.0 Å². The van der Waals surface area contributed by atoms with E-state index in [2.05, 4.69) is 21.6 Å². The molecule has 0 atom stereocenters. The summed E-state index contributed by atoms with van der Waals surface area (Å²) in [5, 5.41) is 6.45. The molecule has 2 heterocycles. The van der Waals surface area contributed by atoms with Crippen molar-refractivity contribution in [1.82, 2.24) is 19.6 Å². The number of benzene rings is 3. The number of unbranched alkanes of at least 4 members (excludes halogenated alkanes) is 4. The van der Waals surface area contributed by atoms with E-state index < -0.39 is 10.0 Å². The van der Waals surface area contributed by atoms with Gasteiger partial charge in [0.1, 0.15) is 11.6 Å². The highest BCUT2D eigenvalue weighted by Crippen LogP contribution is 2.32. The number of anilines is 1. The maximum atomic E-state index is 13.6. The van der Waals surface area contributed by atoms with Gasteiger partial charge in [0.15, 0.2) is 11.3 Å². The second-order valence-electron chi connectivity index (χ2n) is 10.1. The summed E-state index contributed by atoms with van der Waals surface area (Å²) in [4.78, 5) is 20.7. The Morgan fingerprint density at radius 2 is 1.76 bits per heavy atom. The Labute approximate surface area is 239 Å². The summed E-state index contributed by atoms with van der Waals surface area (Å²) in [7, 11) is -3.99. The summed E-state index contributed by atoms with van der Waals surface area (Å²) in [6.07, 6.45) is 6.23. The Balaban J connectivity index is 1.55. The van der Waals surface area contributed by atoms with E-state index in [1.54, 1.807) is 23.6 Å². The average Bonchev–Trinajstić information content (AvgIpc) is 3.28. The molecule has 5 rings (SSSR count). The molecule has 5 aromatic rings. The van der Waals surface area contributed by atoms with Gasteiger partial charge in [-0.15, -0.1) is 5.10 Å². The molecule has 2 aromatic heterocycles. The smallest absolute Gasteiger partial charge is 0.277 e. The third-order valence-corrected chi connectivity index (χ3v) is 8.46. The van der Waals surface area contributed by atoms with Gasteiger partial charge in [0.2, 0.25) is 0 Å². The number of aromatic nitrogens is 4. The zero-order valence-electron chi connectivity index (χ0n) is 23.6. The largest absolute Gasteiger partial charge is 0.493 e. The van der Waals surface area contributed by atoms with Gasteiger partial charge in [-0.2, -0.15) is 0 Å². The van der Waals surface area contributed by atoms with Gasteiger partial charge in [0.05, 0.1) is 28.4 Å². The molecule has 41 heavy (non-hydrogen) atoms. The molecule has 0 aliphatic rings. The van der Waals surface area contributed by atoms with E-state index in [9.17, 15) is 13.2 Å². The van der Waals surface area contributed by atoms with E-state index in [0.717, 1.165) is 30.0 Å². The number of ether oxygens (including phenoxy) is 1. The van der Waals surface area contributed by atoms with Crippen LogP contribution in [0.3, 0.4) is 0 Å². The van der Waals surface area contributed by atoms with Crippen LogP contribution in [0, 0.1) is 6.92 Å². The fourth-order valence-electron chi connectivity index (χ4n) is 5.07. The van der Waals surface area contributed by atoms with Crippen LogP contribution in [0.25, 0.3) is 27.7 Å². The van der Waals surface area contributed by atoms with Crippen LogP contribution >= 0.6 is 0 Å². The summed E-state index contributed by atoms with van der Waals surface area (Å²) in [6, 6.07) is 17.6. The molecule has 0 unspecified atom stereocenters. The van der Waals surface area contributed by atoms with Crippen molar-refractivity contribution in [1.29, 1.82) is 0 Å². The molecule has 0 spiro atoms. The molecule has 0 saturated carbocycles. The lowest BCUT2D eigenvalue weighted by atomic mass is 10.1. The van der Waals surface area contributed by atoms with Crippen LogP contribution in [0.2, 0.25) is 0 Å². The topological polar surface area (TPSA) is 118 Å². The van der Waals surface area contributed by atoms with Crippen LogP contribution in [0.5, 0.6) is 5.75 Å². The first-order valence-corrected chi connectivity index (χ1v) is 15.6. The van der Waals surface area contributed by atoms with Gasteiger partial charge < -0.3 is 9.72 Å². The molecule has 0 bridgehead atoms. The maximum absolute atomic E-state index is 13.6. The highest BCUT2D eigenvalue weighted by Gasteiger charge is 2.21. The molecule has 0 fully saturated rings. The molecule has 9 nitrogen and oxygen atoms in total. The summed E-state index contributed by atoms with van der Waals surface area (Å²) in [6.45, 7) is 6.17. The predicted molar refractivity (Wildman–Crippen MR) is 162 cm³/mol. The van der Waals surface area contributed by atoms with Crippen molar-refractivity contribution in [2.45, 2.75) is 64.2 Å². The SMILES string of the molecule is CCCCCCCc1nc(C)c2c(=O)[nH]c(-c3cc(S(=O)(=O)Nc4cccc5ccccc45)ccc3OCC)nn12. The van der Waals surface area contributed by atoms with Gasteiger partial charge in [0.25, 0.3) is 15.6 Å². The first kappa shape index (κ1) is 28.4. The summed E-state index contributed by atoms with van der Waals surface area (Å²) >= 11 is 0. The average molecular weight is 574 g/mol. The monoisotopic (exact) mass is 573 g/mol. The summed E-state index contributed by atoms with van der Waals surface area (Å²) in [5.74, 6) is 1.33. The third-order valence-electron chi connectivity index (χ3n) is 7.10. The Morgan fingerprint density at radius 1 is 0.976 bits per heavy atom. The quantitative estimate of drug-likeness (QED) is 0.170. The van der Waals surface area contributed by atoms with Gasteiger partial charge >= 0.3 is 0 Å². The Bertz CT molecular complexity index is 1860. The van der Waals surface area contributed by atoms with E-state index >= 15 is 0 Å². The van der Waals surface area contributed by atoms with Crippen molar-refractivity contribution < 1.29 is 13.2 Å². The number of imidazole rings is 1. The number of sulfonamides is 1. The molecule has 10 heteroatoms. The molecule has 0 aliphatic heterocycles. The number of hydrogen-bond donors (Lipinski definition) is 2. The number of fused-ring (bicyclic) bond motifs is 2. The van der Waals surface area contributed by atoms with Crippen molar-refractivity contribution in [2.75, 3.05) is 11.3 Å². The highest BCUT2D eigenvalue weighted by atomic mass is 32.2. The van der Waals surface area contributed by atoms with Crippen LogP contribution in [0.4, 0.5) is 5.69 Å². The zero-order chi connectivity index (χ0) is 29.0. The molecule has 0 radical (unpaired) electrons. The molecular formula is C31H35N5O4S. The van der Waals surface area contributed by atoms with Crippen LogP contribution in [0.1, 0.15) is 57.5 Å². The van der Waals surface area contributed by atoms with Crippen LogP contribution in [-0.2, 0) is 16.4 Å². The minimum absolute atomic E-state index is 0.0181. The number of nitrogens with one attached hydrogen (secondary N) is 2. The number of rotatable bonds is 12. The van der Waals surface area contributed by atoms with Crippen molar-refractivity contribution in [3.05, 3.63) is 82.5 Å². The van der Waals surface area contributed by atoms with Crippen LogP contribution in [0.15, 0.2) is 70.4 Å². The lowest BCUT2D eigenvalue weighted by Crippen LogP contribution is -2.17. The molecule has 2 N–H and O–H groups in total. The number of nitrogens with zero attached hydrogens (tertiary/aromatic N) is 3. The first-order chi connectivity index (χ1) is 19.8. The first-order valence-electron chi connectivity index (χ1n) is 14.1. The third kappa shape index (κ3) is 5.97. The molecule has 214 valence electrons. The van der Waals surface area contributed by atoms with Gasteiger partial charge in [-0.05, 0) is 49.9 Å². The lowest BCUT2D eigenvalue weighted by Gasteiger charge is -2.14. The van der Waals surface area contributed by atoms with E-state index in [0.29, 0.717) is 47.1 Å². The van der Waals surface area contributed by atoms with Crippen molar-refractivity contribution in [3.63, 3.8) is 0 Å². The van der Waals surface area contributed by atoms with Gasteiger partial charge in [0, 0.05) is 11.8 Å². The maximum Gasteiger partial charge on any atom is 0.277 e. The fraction of sp³-hybridized carbons (Fsp3) is 0.323. The number of H-pyrrole nitrogens is 1. The number of hydrogen-bond acceptors (Lipinski definition) is 6. The Hall–Kier alpha value is -4.18. The van der Waals surface area contributed by atoms with Crippen molar-refractivity contribution in [3.8, 4) is 17.1 Å². The summed E-state index contributed by atoms with van der Waals surface area (Å²) in [5.41, 5.74) is 1.49. The highest BCUT2D eigenvalue weighted by molar-refractivity contribution is 7.92. The second kappa shape index (κ2) is 12.1. The van der Waals surface area contributed by atoms with E-state index in [1.807, 2.05) is 43.3 Å². The fourth-order valence-corrected chi connectivity index (χ4v) is 6.17. The number of aromatic amines is 1. The lowest BCUT2D eigenvalue weighted by molar-refractivity contribution is 0.341. The molecule has 0 aliphatic carbocycles. The second-order valence-corrected chi connectivity index (χ2v) is 11.7. The standard InChI is InChI=1S/C31H35N5O4S/c1-4-6-7-8-9-17-28-32-21(3)29-31(37)33-30(34-36(28)29)25-20-23(18-19-27(25)40-5-2)41(38,39)35-26-16-12-14-22-13-10-11-15-24(22)26/h10-16,18-20,35H,4-9,17H2,1-3H3,(H,33,34,37). The summed E-state index contributed by atoms with van der Waals surface area (Å²) < 4.78 is 37.3. The minimum Gasteiger partial charge on any atom is -0.493 e. The zero-order valence-corrected chi connectivity index (χ0v) is 24.4. The molecule has 0 saturated heterocycles. The minimum atomic E-state index is -3.99. The van der Waals surface area contributed by atoms with Crippen molar-refractivity contribution in [2.24, 2.45) is 0 Å². The number of aryl methyl sites for hydroxylation is 2. The van der Waals surface area contributed by atoms with Crippen LogP contribution in [-0.4, -0.2) is 34.6 Å². The van der Waals surface area contributed by atoms with Gasteiger partial charge in [-0.3, -0.25) is 9.52 Å². The van der Waals surface area contributed by atoms with Gasteiger partial charge in [-0.25, -0.2) is 17.9 Å². The Morgan fingerprint density at radius 3 is 2.56 bits per heavy atom.